The molecule has 4 saturated carbocycles. The fraction of sp³-hybridized carbons (Fsp3) is 0.929. The van der Waals surface area contributed by atoms with Crippen molar-refractivity contribution in [3.63, 3.8) is 0 Å². The van der Waals surface area contributed by atoms with Gasteiger partial charge in [-0.1, -0.05) is 65.5 Å². The molecule has 0 nitrogen and oxygen atoms in total. The minimum atomic E-state index is 0.278. The van der Waals surface area contributed by atoms with Crippen molar-refractivity contribution in [3.05, 3.63) is 11.1 Å². The molecule has 4 rings (SSSR count). The van der Waals surface area contributed by atoms with Crippen molar-refractivity contribution < 1.29 is 0 Å². The first-order valence-electron chi connectivity index (χ1n) is 13.2. The molecule has 0 aromatic carbocycles. The molecule has 0 spiro atoms. The first-order valence-corrected chi connectivity index (χ1v) is 13.6. The van der Waals surface area contributed by atoms with Crippen LogP contribution in [0.3, 0.4) is 0 Å². The van der Waals surface area contributed by atoms with Crippen LogP contribution >= 0.6 is 12.6 Å². The first kappa shape index (κ1) is 25.4. The van der Waals surface area contributed by atoms with Crippen molar-refractivity contribution in [2.75, 3.05) is 0 Å². The van der Waals surface area contributed by atoms with Crippen LogP contribution in [0.15, 0.2) is 11.1 Å². The van der Waals surface area contributed by atoms with Crippen LogP contribution < -0.4 is 0 Å². The second-order valence-electron chi connectivity index (χ2n) is 10.8. The summed E-state index contributed by atoms with van der Waals surface area (Å²) in [5.41, 5.74) is 3.83. The maximum atomic E-state index is 5.52. The largest absolute Gasteiger partial charge is 0.172 e. The number of rotatable bonds is 1. The SMILES string of the molecule is CC.CC.CC(C)=C(C)C1CCC2C3CCC4CCCCC4(C)C3C(C)CC12S. The molecule has 0 N–H and O–H groups in total. The number of hydrogen-bond donors (Lipinski definition) is 1. The molecule has 8 unspecified atom stereocenters. The standard InChI is InChI=1S/C24H40S.2C2H6/c1-15(2)17(4)20-11-12-21-19-10-9-18-8-6-7-13-23(18,5)22(19)16(3)14-24(20,21)25;2*1-2/h16,18-22,25H,6-14H2,1-5H3;2*1-2H3. The van der Waals surface area contributed by atoms with Gasteiger partial charge in [0.05, 0.1) is 0 Å². The Morgan fingerprint density at radius 3 is 2.14 bits per heavy atom. The first-order chi connectivity index (χ1) is 13.8. The van der Waals surface area contributed by atoms with Crippen molar-refractivity contribution in [2.24, 2.45) is 40.9 Å². The topological polar surface area (TPSA) is 0 Å². The summed E-state index contributed by atoms with van der Waals surface area (Å²) in [6, 6.07) is 0. The van der Waals surface area contributed by atoms with Crippen LogP contribution in [0, 0.1) is 40.9 Å². The molecular weight excluding hydrogens is 368 g/mol. The van der Waals surface area contributed by atoms with Gasteiger partial charge in [-0.3, -0.25) is 0 Å². The van der Waals surface area contributed by atoms with E-state index < -0.39 is 0 Å². The predicted molar refractivity (Wildman–Crippen MR) is 135 cm³/mol. The Morgan fingerprint density at radius 2 is 1.52 bits per heavy atom. The highest BCUT2D eigenvalue weighted by Crippen LogP contribution is 2.68. The van der Waals surface area contributed by atoms with Crippen LogP contribution in [0.5, 0.6) is 0 Å². The van der Waals surface area contributed by atoms with Gasteiger partial charge in [0, 0.05) is 4.75 Å². The average Bonchev–Trinajstić information content (AvgIpc) is 3.06. The van der Waals surface area contributed by atoms with Gasteiger partial charge in [-0.05, 0) is 107 Å². The minimum Gasteiger partial charge on any atom is -0.172 e. The lowest BCUT2D eigenvalue weighted by atomic mass is 9.44. The molecule has 0 heterocycles. The van der Waals surface area contributed by atoms with Gasteiger partial charge >= 0.3 is 0 Å². The van der Waals surface area contributed by atoms with Crippen LogP contribution in [-0.4, -0.2) is 4.75 Å². The van der Waals surface area contributed by atoms with Crippen LogP contribution in [0.2, 0.25) is 0 Å². The molecule has 1 heteroatoms. The van der Waals surface area contributed by atoms with Gasteiger partial charge in [0.1, 0.15) is 0 Å². The fourth-order valence-electron chi connectivity index (χ4n) is 8.49. The van der Waals surface area contributed by atoms with Gasteiger partial charge in [-0.2, -0.15) is 12.6 Å². The average molecular weight is 421 g/mol. The van der Waals surface area contributed by atoms with E-state index in [4.69, 9.17) is 12.6 Å². The van der Waals surface area contributed by atoms with E-state index in [0.717, 1.165) is 35.5 Å². The van der Waals surface area contributed by atoms with E-state index in [1.807, 2.05) is 27.7 Å². The molecule has 0 radical (unpaired) electrons. The zero-order chi connectivity index (χ0) is 22.0. The smallest absolute Gasteiger partial charge is 0.0228 e. The van der Waals surface area contributed by atoms with Gasteiger partial charge in [-0.25, -0.2) is 0 Å². The van der Waals surface area contributed by atoms with E-state index in [2.05, 4.69) is 34.6 Å². The van der Waals surface area contributed by atoms with E-state index in [1.165, 1.54) is 63.4 Å². The zero-order valence-electron chi connectivity index (χ0n) is 21.3. The Kier molecular flexibility index (Phi) is 8.86. The Bertz CT molecular complexity index is 559. The summed E-state index contributed by atoms with van der Waals surface area (Å²) in [7, 11) is 0. The van der Waals surface area contributed by atoms with Crippen LogP contribution in [0.4, 0.5) is 0 Å². The van der Waals surface area contributed by atoms with E-state index in [9.17, 15) is 0 Å². The zero-order valence-corrected chi connectivity index (χ0v) is 22.2. The van der Waals surface area contributed by atoms with Crippen molar-refractivity contribution in [3.8, 4) is 0 Å². The lowest BCUT2D eigenvalue weighted by Crippen LogP contribution is -2.57. The number of fused-ring (bicyclic) bond motifs is 5. The molecule has 4 fully saturated rings. The third kappa shape index (κ3) is 4.25. The summed E-state index contributed by atoms with van der Waals surface area (Å²) in [5, 5.41) is 0. The van der Waals surface area contributed by atoms with Crippen molar-refractivity contribution in [1.29, 1.82) is 0 Å². The van der Waals surface area contributed by atoms with Gasteiger partial charge in [0.2, 0.25) is 0 Å². The third-order valence-electron chi connectivity index (χ3n) is 9.62. The number of allylic oxidation sites excluding steroid dienone is 2. The normalized spacial score (nSPS) is 45.3. The molecule has 0 aromatic rings. The Labute approximate surface area is 189 Å². The molecule has 4 aliphatic rings. The van der Waals surface area contributed by atoms with Gasteiger partial charge < -0.3 is 0 Å². The van der Waals surface area contributed by atoms with Crippen LogP contribution in [0.25, 0.3) is 0 Å². The maximum Gasteiger partial charge on any atom is 0.0228 e. The van der Waals surface area contributed by atoms with Crippen molar-refractivity contribution in [2.45, 2.75) is 125 Å². The fourth-order valence-corrected chi connectivity index (χ4v) is 9.43. The molecule has 0 aromatic heterocycles. The Balaban J connectivity index is 0.000000707. The summed E-state index contributed by atoms with van der Waals surface area (Å²) >= 11 is 5.52. The molecule has 0 amide bonds. The molecular formula is C28H52S. The highest BCUT2D eigenvalue weighted by molar-refractivity contribution is 7.81. The molecule has 29 heavy (non-hydrogen) atoms. The Morgan fingerprint density at radius 1 is 0.862 bits per heavy atom. The molecule has 0 bridgehead atoms. The van der Waals surface area contributed by atoms with Gasteiger partial charge in [0.25, 0.3) is 0 Å². The second-order valence-corrected chi connectivity index (χ2v) is 11.6. The lowest BCUT2D eigenvalue weighted by Gasteiger charge is -2.62. The molecule has 8 atom stereocenters. The second kappa shape index (κ2) is 10.1. The van der Waals surface area contributed by atoms with Crippen LogP contribution in [-0.2, 0) is 0 Å². The van der Waals surface area contributed by atoms with Crippen molar-refractivity contribution in [1.82, 2.24) is 0 Å². The third-order valence-corrected chi connectivity index (χ3v) is 10.4. The Hall–Kier alpha value is 0.0900. The molecule has 4 aliphatic carbocycles. The molecule has 170 valence electrons. The van der Waals surface area contributed by atoms with E-state index in [1.54, 1.807) is 5.57 Å². The highest BCUT2D eigenvalue weighted by atomic mass is 32.1. The lowest BCUT2D eigenvalue weighted by molar-refractivity contribution is -0.106. The summed E-state index contributed by atoms with van der Waals surface area (Å²) in [5.74, 6) is 5.41. The van der Waals surface area contributed by atoms with Crippen LogP contribution in [0.1, 0.15) is 120 Å². The monoisotopic (exact) mass is 420 g/mol. The molecule has 0 aliphatic heterocycles. The van der Waals surface area contributed by atoms with Gasteiger partial charge in [0.15, 0.2) is 0 Å². The van der Waals surface area contributed by atoms with Crippen molar-refractivity contribution >= 4 is 12.6 Å². The minimum absolute atomic E-state index is 0.278. The number of hydrogen-bond acceptors (Lipinski definition) is 1. The maximum absolute atomic E-state index is 5.52. The van der Waals surface area contributed by atoms with E-state index in [0.29, 0.717) is 5.41 Å². The predicted octanol–water partition coefficient (Wildman–Crippen LogP) is 9.35. The quantitative estimate of drug-likeness (QED) is 0.317. The van der Waals surface area contributed by atoms with E-state index >= 15 is 0 Å². The molecule has 0 saturated heterocycles. The summed E-state index contributed by atoms with van der Waals surface area (Å²) in [6.45, 7) is 20.3. The highest BCUT2D eigenvalue weighted by Gasteiger charge is 2.62. The van der Waals surface area contributed by atoms with Gasteiger partial charge in [-0.15, -0.1) is 0 Å². The summed E-state index contributed by atoms with van der Waals surface area (Å²) in [6.07, 6.45) is 13.2. The van der Waals surface area contributed by atoms with E-state index in [-0.39, 0.29) is 4.75 Å². The summed E-state index contributed by atoms with van der Waals surface area (Å²) < 4.78 is 0.278. The number of thiol groups is 1. The summed E-state index contributed by atoms with van der Waals surface area (Å²) in [4.78, 5) is 0.